The van der Waals surface area contributed by atoms with Crippen LogP contribution < -0.4 is 0 Å². The summed E-state index contributed by atoms with van der Waals surface area (Å²) in [5.74, 6) is 0.560. The molecule has 0 radical (unpaired) electrons. The van der Waals surface area contributed by atoms with E-state index < -0.39 is 0 Å². The molecular weight excluding hydrogens is 200 g/mol. The van der Waals surface area contributed by atoms with Gasteiger partial charge in [0.2, 0.25) is 0 Å². The van der Waals surface area contributed by atoms with Gasteiger partial charge in [0.15, 0.2) is 0 Å². The SMILES string of the molecule is COC(=O)C1CC2C(C)=CC1(C)CC2(C)C. The molecule has 0 N–H and O–H groups in total. The molecule has 0 saturated heterocycles. The fourth-order valence-corrected chi connectivity index (χ4v) is 4.13. The van der Waals surface area contributed by atoms with E-state index in [1.807, 2.05) is 0 Å². The van der Waals surface area contributed by atoms with Crippen LogP contribution in [0.5, 0.6) is 0 Å². The zero-order chi connectivity index (χ0) is 12.1. The smallest absolute Gasteiger partial charge is 0.309 e. The van der Waals surface area contributed by atoms with Gasteiger partial charge in [-0.1, -0.05) is 32.4 Å². The molecule has 0 spiro atoms. The maximum absolute atomic E-state index is 11.8. The number of methoxy groups -OCH3 is 1. The Balaban J connectivity index is 2.39. The average Bonchev–Trinajstić information content (AvgIpc) is 2.13. The summed E-state index contributed by atoms with van der Waals surface area (Å²) in [7, 11) is 1.50. The van der Waals surface area contributed by atoms with Crippen molar-refractivity contribution >= 4 is 5.97 Å². The van der Waals surface area contributed by atoms with Crippen molar-refractivity contribution in [3.8, 4) is 0 Å². The minimum absolute atomic E-state index is 0.00454. The number of carbonyl (C=O) groups excluding carboxylic acids is 1. The Morgan fingerprint density at radius 2 is 2.06 bits per heavy atom. The summed E-state index contributed by atoms with van der Waals surface area (Å²) in [6.07, 6.45) is 4.36. The van der Waals surface area contributed by atoms with Gasteiger partial charge in [-0.3, -0.25) is 4.79 Å². The van der Waals surface area contributed by atoms with Crippen molar-refractivity contribution in [1.29, 1.82) is 0 Å². The molecule has 3 atom stereocenters. The first-order chi connectivity index (χ1) is 7.30. The van der Waals surface area contributed by atoms with Crippen molar-refractivity contribution < 1.29 is 9.53 Å². The molecule has 0 aromatic carbocycles. The fourth-order valence-electron chi connectivity index (χ4n) is 4.13. The Labute approximate surface area is 98.1 Å². The summed E-state index contributed by atoms with van der Waals surface area (Å²) < 4.78 is 4.94. The van der Waals surface area contributed by atoms with Crippen molar-refractivity contribution in [3.05, 3.63) is 11.6 Å². The average molecular weight is 222 g/mol. The van der Waals surface area contributed by atoms with Gasteiger partial charge in [-0.15, -0.1) is 0 Å². The highest BCUT2D eigenvalue weighted by atomic mass is 16.5. The van der Waals surface area contributed by atoms with Gasteiger partial charge in [0.05, 0.1) is 13.0 Å². The highest BCUT2D eigenvalue weighted by Gasteiger charge is 2.54. The Morgan fingerprint density at radius 1 is 1.44 bits per heavy atom. The first-order valence-corrected chi connectivity index (χ1v) is 6.07. The normalized spacial score (nSPS) is 40.4. The van der Waals surface area contributed by atoms with Crippen molar-refractivity contribution in [2.75, 3.05) is 7.11 Å². The number of esters is 1. The second kappa shape index (κ2) is 3.35. The van der Waals surface area contributed by atoms with Crippen LogP contribution in [0.2, 0.25) is 0 Å². The van der Waals surface area contributed by atoms with Crippen molar-refractivity contribution in [2.24, 2.45) is 22.7 Å². The molecule has 2 bridgehead atoms. The maximum Gasteiger partial charge on any atom is 0.309 e. The van der Waals surface area contributed by atoms with Gasteiger partial charge in [-0.25, -0.2) is 0 Å². The van der Waals surface area contributed by atoms with Gasteiger partial charge >= 0.3 is 5.97 Å². The molecule has 2 heteroatoms. The van der Waals surface area contributed by atoms with E-state index >= 15 is 0 Å². The summed E-state index contributed by atoms with van der Waals surface area (Å²) in [6, 6.07) is 0. The van der Waals surface area contributed by atoms with Crippen LogP contribution in [0.1, 0.15) is 40.5 Å². The Bertz CT molecular complexity index is 354. The molecule has 3 rings (SSSR count). The predicted molar refractivity (Wildman–Crippen MR) is 63.9 cm³/mol. The van der Waals surface area contributed by atoms with E-state index in [-0.39, 0.29) is 17.3 Å². The largest absolute Gasteiger partial charge is 0.469 e. The van der Waals surface area contributed by atoms with Gasteiger partial charge < -0.3 is 4.74 Å². The van der Waals surface area contributed by atoms with E-state index in [2.05, 4.69) is 33.8 Å². The third kappa shape index (κ3) is 1.50. The van der Waals surface area contributed by atoms with Crippen LogP contribution in [-0.4, -0.2) is 13.1 Å². The molecule has 3 aliphatic carbocycles. The molecule has 3 aliphatic rings. The van der Waals surface area contributed by atoms with E-state index in [0.29, 0.717) is 11.3 Å². The zero-order valence-corrected chi connectivity index (χ0v) is 11.0. The van der Waals surface area contributed by atoms with E-state index in [9.17, 15) is 4.79 Å². The summed E-state index contributed by atoms with van der Waals surface area (Å²) in [5.41, 5.74) is 1.77. The molecular formula is C14H22O2. The lowest BCUT2D eigenvalue weighted by atomic mass is 9.49. The van der Waals surface area contributed by atoms with Crippen LogP contribution in [0.4, 0.5) is 0 Å². The molecule has 0 amide bonds. The molecule has 0 heterocycles. The van der Waals surface area contributed by atoms with E-state index in [1.54, 1.807) is 0 Å². The quantitative estimate of drug-likeness (QED) is 0.503. The van der Waals surface area contributed by atoms with Crippen LogP contribution in [-0.2, 0) is 9.53 Å². The Kier molecular flexibility index (Phi) is 2.45. The second-order valence-corrected chi connectivity index (χ2v) is 6.42. The lowest BCUT2D eigenvalue weighted by molar-refractivity contribution is -0.154. The maximum atomic E-state index is 11.8. The number of ether oxygens (including phenoxy) is 1. The molecule has 0 aliphatic heterocycles. The van der Waals surface area contributed by atoms with E-state index in [1.165, 1.54) is 12.7 Å². The topological polar surface area (TPSA) is 26.3 Å². The lowest BCUT2D eigenvalue weighted by Gasteiger charge is -2.55. The highest BCUT2D eigenvalue weighted by molar-refractivity contribution is 5.74. The minimum Gasteiger partial charge on any atom is -0.469 e. The van der Waals surface area contributed by atoms with Crippen molar-refractivity contribution in [1.82, 2.24) is 0 Å². The fraction of sp³-hybridized carbons (Fsp3) is 0.786. The van der Waals surface area contributed by atoms with Gasteiger partial charge in [0, 0.05) is 0 Å². The predicted octanol–water partition coefficient (Wildman–Crippen LogP) is 3.18. The van der Waals surface area contributed by atoms with Gasteiger partial charge in [0.1, 0.15) is 0 Å². The molecule has 0 aromatic rings. The second-order valence-electron chi connectivity index (χ2n) is 6.42. The molecule has 0 aromatic heterocycles. The molecule has 2 nitrogen and oxygen atoms in total. The standard InChI is InChI=1S/C14H22O2/c1-9-7-14(4)8-13(2,3)10(9)6-11(14)12(15)16-5/h7,10-11H,6,8H2,1-5H3. The first-order valence-electron chi connectivity index (χ1n) is 6.07. The number of carbonyl (C=O) groups is 1. The van der Waals surface area contributed by atoms with Crippen LogP contribution in [0.15, 0.2) is 11.6 Å². The van der Waals surface area contributed by atoms with Crippen LogP contribution in [0.25, 0.3) is 0 Å². The van der Waals surface area contributed by atoms with Gasteiger partial charge in [-0.05, 0) is 36.5 Å². The van der Waals surface area contributed by atoms with Crippen LogP contribution in [0, 0.1) is 22.7 Å². The van der Waals surface area contributed by atoms with Gasteiger partial charge in [-0.2, -0.15) is 0 Å². The van der Waals surface area contributed by atoms with E-state index in [0.717, 1.165) is 12.8 Å². The van der Waals surface area contributed by atoms with E-state index in [4.69, 9.17) is 4.74 Å². The molecule has 1 fully saturated rings. The monoisotopic (exact) mass is 222 g/mol. The highest BCUT2D eigenvalue weighted by Crippen LogP contribution is 2.60. The first kappa shape index (κ1) is 11.7. The molecule has 3 unspecified atom stereocenters. The third-order valence-electron chi connectivity index (χ3n) is 4.64. The Hall–Kier alpha value is -0.790. The lowest BCUT2D eigenvalue weighted by Crippen LogP contribution is -2.50. The summed E-state index contributed by atoms with van der Waals surface area (Å²) >= 11 is 0. The molecule has 16 heavy (non-hydrogen) atoms. The minimum atomic E-state index is -0.0354. The summed E-state index contributed by atoms with van der Waals surface area (Å²) in [5, 5.41) is 0. The summed E-state index contributed by atoms with van der Waals surface area (Å²) in [4.78, 5) is 11.8. The Morgan fingerprint density at radius 3 is 2.50 bits per heavy atom. The zero-order valence-electron chi connectivity index (χ0n) is 11.0. The summed E-state index contributed by atoms with van der Waals surface area (Å²) in [6.45, 7) is 9.05. The van der Waals surface area contributed by atoms with Crippen LogP contribution in [0.3, 0.4) is 0 Å². The number of allylic oxidation sites excluding steroid dienone is 2. The van der Waals surface area contributed by atoms with Crippen molar-refractivity contribution in [3.63, 3.8) is 0 Å². The molecule has 1 saturated carbocycles. The number of hydrogen-bond donors (Lipinski definition) is 0. The van der Waals surface area contributed by atoms with Crippen LogP contribution >= 0.6 is 0 Å². The third-order valence-corrected chi connectivity index (χ3v) is 4.64. The number of rotatable bonds is 1. The van der Waals surface area contributed by atoms with Crippen molar-refractivity contribution in [2.45, 2.75) is 40.5 Å². The molecule has 90 valence electrons. The van der Waals surface area contributed by atoms with Gasteiger partial charge in [0.25, 0.3) is 0 Å². The number of fused-ring (bicyclic) bond motifs is 2. The number of hydrogen-bond acceptors (Lipinski definition) is 2.